The summed E-state index contributed by atoms with van der Waals surface area (Å²) in [5, 5.41) is 18.1. The molecule has 0 saturated heterocycles. The number of carbonyl (C=O) groups is 2. The number of para-hydroxylation sites is 1. The summed E-state index contributed by atoms with van der Waals surface area (Å²) in [6.07, 6.45) is 0. The average molecular weight is 403 g/mol. The summed E-state index contributed by atoms with van der Waals surface area (Å²) in [5.41, 5.74) is 2.50. The second-order valence-electron chi connectivity index (χ2n) is 6.95. The zero-order chi connectivity index (χ0) is 21.3. The Labute approximate surface area is 176 Å². The van der Waals surface area contributed by atoms with Crippen molar-refractivity contribution in [3.05, 3.63) is 102 Å². The molecule has 0 aromatic heterocycles. The normalized spacial score (nSPS) is 11.7. The van der Waals surface area contributed by atoms with Crippen molar-refractivity contribution < 1.29 is 14.7 Å². The van der Waals surface area contributed by atoms with E-state index in [-0.39, 0.29) is 11.8 Å². The minimum Gasteiger partial charge on any atom is -0.508 e. The van der Waals surface area contributed by atoms with Crippen molar-refractivity contribution >= 4 is 11.9 Å². The number of imide groups is 1. The summed E-state index contributed by atoms with van der Waals surface area (Å²) in [6.45, 7) is 1.97. The first-order chi connectivity index (χ1) is 14.5. The monoisotopic (exact) mass is 403 g/mol. The van der Waals surface area contributed by atoms with E-state index in [0.29, 0.717) is 12.1 Å². The quantitative estimate of drug-likeness (QED) is 0.486. The predicted octanol–water partition coefficient (Wildman–Crippen LogP) is 3.49. The lowest BCUT2D eigenvalue weighted by molar-refractivity contribution is -0.121. The van der Waals surface area contributed by atoms with E-state index in [2.05, 4.69) is 16.0 Å². The molecule has 0 radical (unpaired) electrons. The molecule has 154 valence electrons. The average Bonchev–Trinajstić information content (AvgIpc) is 2.78. The van der Waals surface area contributed by atoms with Gasteiger partial charge < -0.3 is 15.7 Å². The number of amides is 3. The zero-order valence-electron chi connectivity index (χ0n) is 16.7. The van der Waals surface area contributed by atoms with Crippen LogP contribution in [0, 0.1) is 0 Å². The van der Waals surface area contributed by atoms with Crippen LogP contribution < -0.4 is 16.0 Å². The standard InChI is InChI=1S/C24H25N3O3/c1-17(25-16-20-14-8-9-15-21(20)28)23(29)27-24(30)26-22(18-10-4-2-5-11-18)19-12-6-3-7-13-19/h2-15,17,22,25,28H,16H2,1H3,(H2,26,27,29,30)/t17-/m0/s1. The van der Waals surface area contributed by atoms with Crippen LogP contribution in [-0.2, 0) is 11.3 Å². The van der Waals surface area contributed by atoms with Crippen molar-refractivity contribution in [3.8, 4) is 5.75 Å². The van der Waals surface area contributed by atoms with Gasteiger partial charge in [-0.2, -0.15) is 0 Å². The lowest BCUT2D eigenvalue weighted by atomic mass is 9.99. The molecule has 3 aromatic carbocycles. The molecule has 6 heteroatoms. The number of hydrogen-bond acceptors (Lipinski definition) is 4. The summed E-state index contributed by atoms with van der Waals surface area (Å²) >= 11 is 0. The third kappa shape index (κ3) is 5.68. The van der Waals surface area contributed by atoms with E-state index in [1.165, 1.54) is 0 Å². The largest absolute Gasteiger partial charge is 0.508 e. The maximum absolute atomic E-state index is 12.5. The zero-order valence-corrected chi connectivity index (χ0v) is 16.7. The molecule has 0 spiro atoms. The molecule has 0 fully saturated rings. The van der Waals surface area contributed by atoms with Crippen molar-refractivity contribution in [1.82, 2.24) is 16.0 Å². The smallest absolute Gasteiger partial charge is 0.322 e. The topological polar surface area (TPSA) is 90.5 Å². The number of phenolic OH excluding ortho intramolecular Hbond substituents is 1. The Morgan fingerprint density at radius 3 is 1.93 bits per heavy atom. The summed E-state index contributed by atoms with van der Waals surface area (Å²) < 4.78 is 0. The molecule has 0 unspecified atom stereocenters. The Balaban J connectivity index is 1.61. The van der Waals surface area contributed by atoms with E-state index in [4.69, 9.17) is 0 Å². The van der Waals surface area contributed by atoms with Gasteiger partial charge in [0, 0.05) is 12.1 Å². The molecule has 6 nitrogen and oxygen atoms in total. The summed E-state index contributed by atoms with van der Waals surface area (Å²) in [5.74, 6) is -0.299. The highest BCUT2D eigenvalue weighted by atomic mass is 16.3. The molecule has 4 N–H and O–H groups in total. The van der Waals surface area contributed by atoms with Crippen molar-refractivity contribution in [2.75, 3.05) is 0 Å². The van der Waals surface area contributed by atoms with Gasteiger partial charge >= 0.3 is 6.03 Å². The minimum atomic E-state index is -0.623. The molecular weight excluding hydrogens is 378 g/mol. The highest BCUT2D eigenvalue weighted by Gasteiger charge is 2.20. The van der Waals surface area contributed by atoms with Crippen molar-refractivity contribution in [1.29, 1.82) is 0 Å². The minimum absolute atomic E-state index is 0.156. The van der Waals surface area contributed by atoms with Crippen LogP contribution in [-0.4, -0.2) is 23.1 Å². The Morgan fingerprint density at radius 2 is 1.37 bits per heavy atom. The van der Waals surface area contributed by atoms with Crippen LogP contribution in [0.15, 0.2) is 84.9 Å². The third-order valence-corrected chi connectivity index (χ3v) is 4.76. The van der Waals surface area contributed by atoms with Crippen LogP contribution in [0.4, 0.5) is 4.79 Å². The molecular formula is C24H25N3O3. The predicted molar refractivity (Wildman–Crippen MR) is 116 cm³/mol. The van der Waals surface area contributed by atoms with Crippen LogP contribution in [0.25, 0.3) is 0 Å². The molecule has 0 heterocycles. The highest BCUT2D eigenvalue weighted by Crippen LogP contribution is 2.21. The molecule has 0 aliphatic rings. The molecule has 3 aromatic rings. The molecule has 1 atom stereocenters. The first kappa shape index (κ1) is 21.1. The Kier molecular flexibility index (Phi) is 7.19. The molecule has 3 amide bonds. The van der Waals surface area contributed by atoms with Gasteiger partial charge in [0.05, 0.1) is 12.1 Å². The van der Waals surface area contributed by atoms with Gasteiger partial charge in [0.25, 0.3) is 0 Å². The van der Waals surface area contributed by atoms with Crippen LogP contribution >= 0.6 is 0 Å². The number of aromatic hydroxyl groups is 1. The molecule has 0 saturated carbocycles. The Bertz CT molecular complexity index is 938. The number of carbonyl (C=O) groups excluding carboxylic acids is 2. The molecule has 0 bridgehead atoms. The molecule has 0 aliphatic carbocycles. The number of urea groups is 1. The Morgan fingerprint density at radius 1 is 0.833 bits per heavy atom. The number of hydrogen-bond donors (Lipinski definition) is 4. The van der Waals surface area contributed by atoms with Gasteiger partial charge in [-0.3, -0.25) is 10.1 Å². The number of rotatable bonds is 7. The van der Waals surface area contributed by atoms with E-state index in [1.54, 1.807) is 25.1 Å². The molecule has 3 rings (SSSR count). The van der Waals surface area contributed by atoms with Crippen LogP contribution in [0.3, 0.4) is 0 Å². The van der Waals surface area contributed by atoms with Gasteiger partial charge in [0.15, 0.2) is 0 Å². The SMILES string of the molecule is C[C@H](NCc1ccccc1O)C(=O)NC(=O)NC(c1ccccc1)c1ccccc1. The lowest BCUT2D eigenvalue weighted by Gasteiger charge is -2.21. The van der Waals surface area contributed by atoms with Crippen molar-refractivity contribution in [3.63, 3.8) is 0 Å². The second-order valence-corrected chi connectivity index (χ2v) is 6.95. The first-order valence-electron chi connectivity index (χ1n) is 9.76. The van der Waals surface area contributed by atoms with E-state index < -0.39 is 18.0 Å². The van der Waals surface area contributed by atoms with E-state index >= 15 is 0 Å². The van der Waals surface area contributed by atoms with E-state index in [9.17, 15) is 14.7 Å². The summed E-state index contributed by atoms with van der Waals surface area (Å²) in [7, 11) is 0. The van der Waals surface area contributed by atoms with Gasteiger partial charge in [-0.25, -0.2) is 4.79 Å². The van der Waals surface area contributed by atoms with Crippen molar-refractivity contribution in [2.45, 2.75) is 25.6 Å². The Hall–Kier alpha value is -3.64. The van der Waals surface area contributed by atoms with E-state index in [1.807, 2.05) is 66.7 Å². The van der Waals surface area contributed by atoms with Crippen molar-refractivity contribution in [2.24, 2.45) is 0 Å². The fourth-order valence-corrected chi connectivity index (χ4v) is 3.05. The van der Waals surface area contributed by atoms with Gasteiger partial charge in [-0.1, -0.05) is 78.9 Å². The maximum Gasteiger partial charge on any atom is 0.322 e. The number of phenols is 1. The fourth-order valence-electron chi connectivity index (χ4n) is 3.05. The van der Waals surface area contributed by atoms with Crippen LogP contribution in [0.5, 0.6) is 5.75 Å². The summed E-state index contributed by atoms with van der Waals surface area (Å²) in [6, 6.07) is 24.5. The second kappa shape index (κ2) is 10.2. The van der Waals surface area contributed by atoms with Gasteiger partial charge in [0.1, 0.15) is 5.75 Å². The van der Waals surface area contributed by atoms with Crippen LogP contribution in [0.1, 0.15) is 29.7 Å². The number of nitrogens with one attached hydrogen (secondary N) is 3. The van der Waals surface area contributed by atoms with Gasteiger partial charge in [-0.05, 0) is 24.1 Å². The molecule has 0 aliphatic heterocycles. The lowest BCUT2D eigenvalue weighted by Crippen LogP contribution is -2.48. The maximum atomic E-state index is 12.5. The highest BCUT2D eigenvalue weighted by molar-refractivity contribution is 5.97. The van der Waals surface area contributed by atoms with Gasteiger partial charge in [-0.15, -0.1) is 0 Å². The summed E-state index contributed by atoms with van der Waals surface area (Å²) in [4.78, 5) is 24.9. The van der Waals surface area contributed by atoms with Crippen LogP contribution in [0.2, 0.25) is 0 Å². The first-order valence-corrected chi connectivity index (χ1v) is 9.76. The number of benzene rings is 3. The molecule has 30 heavy (non-hydrogen) atoms. The third-order valence-electron chi connectivity index (χ3n) is 4.76. The van der Waals surface area contributed by atoms with Gasteiger partial charge in [0.2, 0.25) is 5.91 Å². The fraction of sp³-hybridized carbons (Fsp3) is 0.167. The van der Waals surface area contributed by atoms with E-state index in [0.717, 1.165) is 11.1 Å².